The van der Waals surface area contributed by atoms with Crippen molar-refractivity contribution in [2.45, 2.75) is 114 Å². The Bertz CT molecular complexity index is 721. The largest absolute Gasteiger partial charge is 0.392 e. The molecular formula is C28H49NO5P2. The molecule has 36 heavy (non-hydrogen) atoms. The fourth-order valence-electron chi connectivity index (χ4n) is 6.87. The van der Waals surface area contributed by atoms with E-state index in [-0.39, 0.29) is 39.2 Å². The first-order chi connectivity index (χ1) is 18.1. The van der Waals surface area contributed by atoms with Crippen molar-refractivity contribution < 1.29 is 23.7 Å². The molecule has 1 aliphatic heterocycles. The molecule has 0 amide bonds. The van der Waals surface area contributed by atoms with Crippen molar-refractivity contribution in [2.75, 3.05) is 26.2 Å². The monoisotopic (exact) mass is 543 g/mol. The predicted molar refractivity (Wildman–Crippen MR) is 150 cm³/mol. The second-order valence-electron chi connectivity index (χ2n) is 11.6. The molecule has 6 nitrogen and oxygen atoms in total. The maximum absolute atomic E-state index is 13.9. The van der Waals surface area contributed by atoms with Crippen LogP contribution in [0.1, 0.15) is 89.9 Å². The molecule has 0 aromatic carbocycles. The molecule has 5 unspecified atom stereocenters. The number of piperidine rings is 1. The summed E-state index contributed by atoms with van der Waals surface area (Å²) >= 11 is 0. The molecule has 0 aromatic heterocycles. The summed E-state index contributed by atoms with van der Waals surface area (Å²) in [5, 5.41) is 10.9. The van der Waals surface area contributed by atoms with Crippen LogP contribution in [0.25, 0.3) is 0 Å². The molecule has 4 fully saturated rings. The number of ether oxygens (including phenoxy) is 1. The third kappa shape index (κ3) is 8.28. The lowest BCUT2D eigenvalue weighted by molar-refractivity contribution is -0.126. The highest BCUT2D eigenvalue weighted by Gasteiger charge is 2.38. The van der Waals surface area contributed by atoms with E-state index >= 15 is 0 Å². The van der Waals surface area contributed by atoms with Crippen LogP contribution in [0, 0.1) is 17.8 Å². The smallest absolute Gasteiger partial charge is 0.164 e. The molecule has 4 rings (SSSR count). The second kappa shape index (κ2) is 15.0. The second-order valence-corrected chi connectivity index (χ2v) is 12.1. The maximum Gasteiger partial charge on any atom is 0.164 e. The van der Waals surface area contributed by atoms with Crippen molar-refractivity contribution in [3.05, 3.63) is 11.6 Å². The zero-order valence-corrected chi connectivity index (χ0v) is 24.1. The van der Waals surface area contributed by atoms with Crippen LogP contribution in [0.15, 0.2) is 11.6 Å². The zero-order chi connectivity index (χ0) is 26.0. The van der Waals surface area contributed by atoms with Gasteiger partial charge in [-0.25, -0.2) is 0 Å². The summed E-state index contributed by atoms with van der Waals surface area (Å²) in [7, 11) is 2.07. The van der Waals surface area contributed by atoms with Gasteiger partial charge in [0, 0.05) is 37.8 Å². The van der Waals surface area contributed by atoms with Crippen molar-refractivity contribution in [3.63, 3.8) is 0 Å². The molecule has 0 bridgehead atoms. The number of Topliss-reactive ketones (excluding diaryl/α,β-unsaturated/α-hetero) is 1. The third-order valence-corrected chi connectivity index (χ3v) is 9.93. The number of carbonyl (C=O) groups excluding carboxylic acids is 1. The van der Waals surface area contributed by atoms with Gasteiger partial charge in [-0.1, -0.05) is 12.5 Å². The number of likely N-dealkylation sites (tertiary alicyclic amines) is 1. The third-order valence-electron chi connectivity index (χ3n) is 9.21. The summed E-state index contributed by atoms with van der Waals surface area (Å²) in [5.41, 5.74) is 0.974. The fourth-order valence-corrected chi connectivity index (χ4v) is 7.36. The molecule has 1 heterocycles. The first-order valence-corrected chi connectivity index (χ1v) is 15.4. The number of nitrogens with zero attached hydrogens (tertiary/aromatic N) is 1. The van der Waals surface area contributed by atoms with Gasteiger partial charge in [0.1, 0.15) is 0 Å². The molecular weight excluding hydrogens is 492 g/mol. The minimum Gasteiger partial charge on any atom is -0.392 e. The number of aliphatic hydroxyl groups is 1. The van der Waals surface area contributed by atoms with Gasteiger partial charge in [0.25, 0.3) is 0 Å². The first kappa shape index (κ1) is 27.6. The topological polar surface area (TPSA) is 68.2 Å². The summed E-state index contributed by atoms with van der Waals surface area (Å²) in [6, 6.07) is 0. The Labute approximate surface area is 224 Å². The van der Waals surface area contributed by atoms with Crippen molar-refractivity contribution in [3.8, 4) is 0 Å². The van der Waals surface area contributed by atoms with E-state index < -0.39 is 6.10 Å². The molecule has 5 atom stereocenters. The van der Waals surface area contributed by atoms with E-state index in [4.69, 9.17) is 15.1 Å². The summed E-state index contributed by atoms with van der Waals surface area (Å²) in [4.78, 5) is 16.4. The van der Waals surface area contributed by atoms with Crippen molar-refractivity contribution in [1.82, 2.24) is 4.90 Å². The molecule has 0 spiro atoms. The van der Waals surface area contributed by atoms with E-state index in [1.807, 2.05) is 0 Å². The van der Waals surface area contributed by atoms with Gasteiger partial charge >= 0.3 is 0 Å². The van der Waals surface area contributed by atoms with Gasteiger partial charge in [-0.15, -0.1) is 0 Å². The summed E-state index contributed by atoms with van der Waals surface area (Å²) in [6.45, 7) is 4.33. The van der Waals surface area contributed by atoms with E-state index in [9.17, 15) is 9.90 Å². The van der Waals surface area contributed by atoms with E-state index in [0.29, 0.717) is 24.9 Å². The molecule has 3 saturated carbocycles. The molecule has 3 aliphatic carbocycles. The Morgan fingerprint density at radius 2 is 1.61 bits per heavy atom. The van der Waals surface area contributed by atoms with Crippen LogP contribution in [0.3, 0.4) is 0 Å². The summed E-state index contributed by atoms with van der Waals surface area (Å²) < 4.78 is 24.6. The van der Waals surface area contributed by atoms with Gasteiger partial charge in [-0.2, -0.15) is 0 Å². The van der Waals surface area contributed by atoms with Gasteiger partial charge in [-0.3, -0.25) is 4.79 Å². The average Bonchev–Trinajstić information content (AvgIpc) is 2.93. The highest BCUT2D eigenvalue weighted by atomic mass is 31.0. The quantitative estimate of drug-likeness (QED) is 0.284. The Hall–Kier alpha value is 0.0700. The van der Waals surface area contributed by atoms with E-state index in [1.165, 1.54) is 32.4 Å². The molecule has 1 saturated heterocycles. The lowest BCUT2D eigenvalue weighted by Crippen LogP contribution is -2.39. The number of carbonyl (C=O) groups is 1. The van der Waals surface area contributed by atoms with Gasteiger partial charge in [-0.05, 0) is 108 Å². The van der Waals surface area contributed by atoms with E-state index in [2.05, 4.69) is 20.4 Å². The highest BCUT2D eigenvalue weighted by Crippen LogP contribution is 2.39. The zero-order valence-electron chi connectivity index (χ0n) is 23.0. The molecule has 8 heteroatoms. The number of ketones is 1. The minimum atomic E-state index is -0.679. The fraction of sp³-hybridized carbons (Fsp3) is 0.893. The number of hydrogen-bond donors (Lipinski definition) is 1. The van der Waals surface area contributed by atoms with Gasteiger partial charge < -0.3 is 23.8 Å². The van der Waals surface area contributed by atoms with Crippen LogP contribution in [0.4, 0.5) is 0 Å². The number of allylic oxidation sites excluding steroid dienone is 2. The highest BCUT2D eigenvalue weighted by molar-refractivity contribution is 7.10. The molecule has 1 N–H and O–H groups in total. The molecule has 0 aromatic rings. The van der Waals surface area contributed by atoms with E-state index in [0.717, 1.165) is 76.5 Å². The van der Waals surface area contributed by atoms with Crippen LogP contribution >= 0.6 is 18.9 Å². The molecule has 206 valence electrons. The van der Waals surface area contributed by atoms with Crippen molar-refractivity contribution in [2.24, 2.45) is 17.8 Å². The van der Waals surface area contributed by atoms with Crippen LogP contribution in [0.2, 0.25) is 0 Å². The number of aliphatic hydroxyl groups excluding tert-OH is 1. The normalized spacial score (nSPS) is 37.8. The first-order valence-electron chi connectivity index (χ1n) is 15.0. The van der Waals surface area contributed by atoms with Gasteiger partial charge in [0.05, 0.1) is 32.3 Å². The van der Waals surface area contributed by atoms with Crippen LogP contribution in [-0.4, -0.2) is 67.7 Å². The Morgan fingerprint density at radius 1 is 0.917 bits per heavy atom. The molecule has 0 radical (unpaired) electrons. The Morgan fingerprint density at radius 3 is 2.28 bits per heavy atom. The maximum atomic E-state index is 13.9. The van der Waals surface area contributed by atoms with Crippen LogP contribution in [0.5, 0.6) is 0 Å². The predicted octanol–water partition coefficient (Wildman–Crippen LogP) is 5.25. The number of hydrogen-bond acceptors (Lipinski definition) is 6. The Kier molecular flexibility index (Phi) is 11.5. The van der Waals surface area contributed by atoms with E-state index in [1.54, 1.807) is 0 Å². The van der Waals surface area contributed by atoms with Crippen molar-refractivity contribution in [1.29, 1.82) is 1.28 Å². The van der Waals surface area contributed by atoms with Gasteiger partial charge in [0.2, 0.25) is 0 Å². The van der Waals surface area contributed by atoms with Crippen LogP contribution in [-0.2, 0) is 18.6 Å². The number of rotatable bonds is 11. The lowest BCUT2D eigenvalue weighted by atomic mass is 9.72. The lowest BCUT2D eigenvalue weighted by Gasteiger charge is -2.35. The Balaban J connectivity index is 1.33. The average molecular weight is 544 g/mol. The van der Waals surface area contributed by atoms with Crippen molar-refractivity contribution >= 4 is 24.7 Å². The summed E-state index contributed by atoms with van der Waals surface area (Å²) in [5.74, 6) is 0.496. The van der Waals surface area contributed by atoms with Crippen LogP contribution < -0.4 is 0 Å². The SMILES string of the molecule is [3H]POC1CCC(C(=O)/C(=C/C2CCC(OCCN3CCCCC3)CC2)C2CCC(OP)CC2)C(O)C1. The summed E-state index contributed by atoms with van der Waals surface area (Å²) in [6.07, 6.45) is 16.2. The standard InChI is InChI=1S/C28H49NO5P2/c30-27-19-24(34-36)12-13-25(27)28(31)26(21-6-10-23(33-35)11-7-21)18-20-4-8-22(9-5-20)32-17-16-29-14-2-1-3-15-29/h18,20-25,27,30H,1-17,19,35-36H2/b26-18+/i36T. The molecule has 4 aliphatic rings. The van der Waals surface area contributed by atoms with Gasteiger partial charge in [0.15, 0.2) is 5.78 Å². The minimum absolute atomic E-state index is 0.0952.